The van der Waals surface area contributed by atoms with E-state index in [-0.39, 0.29) is 0 Å². The topological polar surface area (TPSA) is 54.7 Å². The molecular formula is C14H20N2O3. The Morgan fingerprint density at radius 2 is 2.47 bits per heavy atom. The van der Waals surface area contributed by atoms with Crippen molar-refractivity contribution in [2.75, 3.05) is 26.7 Å². The molecule has 104 valence electrons. The van der Waals surface area contributed by atoms with Crippen molar-refractivity contribution < 1.29 is 13.9 Å². The minimum Gasteiger partial charge on any atom is -0.463 e. The van der Waals surface area contributed by atoms with E-state index in [1.165, 1.54) is 20.0 Å². The number of esters is 1. The molecule has 0 saturated carbocycles. The molecule has 1 N–H and O–H groups in total. The molecule has 1 aromatic rings. The molecule has 0 aromatic carbocycles. The number of rotatable bonds is 3. The second-order valence-electron chi connectivity index (χ2n) is 5.42. The van der Waals surface area contributed by atoms with E-state index in [9.17, 15) is 4.79 Å². The first-order chi connectivity index (χ1) is 9.28. The summed E-state index contributed by atoms with van der Waals surface area (Å²) in [6, 6.07) is 2.48. The van der Waals surface area contributed by atoms with Gasteiger partial charge in [-0.1, -0.05) is 0 Å². The van der Waals surface area contributed by atoms with Crippen LogP contribution in [-0.2, 0) is 11.3 Å². The predicted molar refractivity (Wildman–Crippen MR) is 69.8 cm³/mol. The van der Waals surface area contributed by atoms with E-state index in [1.807, 2.05) is 6.07 Å². The van der Waals surface area contributed by atoms with E-state index in [4.69, 9.17) is 9.15 Å². The van der Waals surface area contributed by atoms with Crippen molar-refractivity contribution in [2.24, 2.45) is 5.92 Å². The van der Waals surface area contributed by atoms with Gasteiger partial charge in [-0.25, -0.2) is 4.79 Å². The summed E-state index contributed by atoms with van der Waals surface area (Å²) in [5, 5.41) is 3.58. The molecule has 1 aromatic heterocycles. The van der Waals surface area contributed by atoms with Crippen molar-refractivity contribution in [1.82, 2.24) is 10.2 Å². The SMILES string of the molecule is COC(=O)c1occc1CN1CC2CCCNC2C1. The van der Waals surface area contributed by atoms with E-state index >= 15 is 0 Å². The summed E-state index contributed by atoms with van der Waals surface area (Å²) in [5.74, 6) is 0.697. The fourth-order valence-electron chi connectivity index (χ4n) is 3.24. The van der Waals surface area contributed by atoms with Crippen LogP contribution < -0.4 is 5.32 Å². The molecule has 0 radical (unpaired) electrons. The van der Waals surface area contributed by atoms with Gasteiger partial charge in [-0.05, 0) is 31.4 Å². The first-order valence-corrected chi connectivity index (χ1v) is 6.88. The first-order valence-electron chi connectivity index (χ1n) is 6.88. The van der Waals surface area contributed by atoms with Gasteiger partial charge in [-0.15, -0.1) is 0 Å². The second kappa shape index (κ2) is 5.35. The van der Waals surface area contributed by atoms with Gasteiger partial charge < -0.3 is 14.5 Å². The Balaban J connectivity index is 1.66. The second-order valence-corrected chi connectivity index (χ2v) is 5.42. The summed E-state index contributed by atoms with van der Waals surface area (Å²) < 4.78 is 9.96. The fraction of sp³-hybridized carbons (Fsp3) is 0.643. The van der Waals surface area contributed by atoms with Crippen molar-refractivity contribution in [2.45, 2.75) is 25.4 Å². The van der Waals surface area contributed by atoms with Gasteiger partial charge in [0.15, 0.2) is 0 Å². The molecule has 5 heteroatoms. The number of piperidine rings is 1. The van der Waals surface area contributed by atoms with Crippen LogP contribution in [0.4, 0.5) is 0 Å². The number of nitrogens with one attached hydrogen (secondary N) is 1. The van der Waals surface area contributed by atoms with Crippen LogP contribution in [-0.4, -0.2) is 43.7 Å². The Kier molecular flexibility index (Phi) is 3.57. The molecule has 0 aliphatic carbocycles. The van der Waals surface area contributed by atoms with Crippen LogP contribution in [0.2, 0.25) is 0 Å². The third-order valence-electron chi connectivity index (χ3n) is 4.19. The summed E-state index contributed by atoms with van der Waals surface area (Å²) in [6.07, 6.45) is 4.14. The highest BCUT2D eigenvalue weighted by Gasteiger charge is 2.34. The highest BCUT2D eigenvalue weighted by Crippen LogP contribution is 2.26. The van der Waals surface area contributed by atoms with Gasteiger partial charge in [-0.3, -0.25) is 4.90 Å². The molecule has 2 aliphatic rings. The minimum absolute atomic E-state index is 0.338. The number of carbonyl (C=O) groups is 1. The first kappa shape index (κ1) is 12.7. The van der Waals surface area contributed by atoms with E-state index < -0.39 is 5.97 Å². The smallest absolute Gasteiger partial charge is 0.374 e. The number of methoxy groups -OCH3 is 1. The van der Waals surface area contributed by atoms with Crippen LogP contribution >= 0.6 is 0 Å². The number of ether oxygens (including phenoxy) is 1. The highest BCUT2D eigenvalue weighted by molar-refractivity contribution is 5.87. The maximum atomic E-state index is 11.6. The lowest BCUT2D eigenvalue weighted by atomic mass is 9.94. The standard InChI is InChI=1S/C14H20N2O3/c1-18-14(17)13-11(4-6-19-13)8-16-7-10-3-2-5-15-12(10)9-16/h4,6,10,12,15H,2-3,5,7-9H2,1H3. The van der Waals surface area contributed by atoms with Crippen LogP contribution in [0.1, 0.15) is 29.0 Å². The van der Waals surface area contributed by atoms with E-state index in [0.29, 0.717) is 11.8 Å². The zero-order chi connectivity index (χ0) is 13.2. The molecule has 0 amide bonds. The van der Waals surface area contributed by atoms with Gasteiger partial charge in [-0.2, -0.15) is 0 Å². The Morgan fingerprint density at radius 1 is 1.58 bits per heavy atom. The number of hydrogen-bond acceptors (Lipinski definition) is 5. The Morgan fingerprint density at radius 3 is 3.26 bits per heavy atom. The number of hydrogen-bond donors (Lipinski definition) is 1. The summed E-state index contributed by atoms with van der Waals surface area (Å²) >= 11 is 0. The third-order valence-corrected chi connectivity index (χ3v) is 4.19. The van der Waals surface area contributed by atoms with Crippen LogP contribution in [0.3, 0.4) is 0 Å². The molecule has 2 aliphatic heterocycles. The van der Waals surface area contributed by atoms with Crippen molar-refractivity contribution in [3.05, 3.63) is 23.7 Å². The largest absolute Gasteiger partial charge is 0.463 e. The number of likely N-dealkylation sites (tertiary alicyclic amines) is 1. The zero-order valence-electron chi connectivity index (χ0n) is 11.2. The monoisotopic (exact) mass is 264 g/mol. The van der Waals surface area contributed by atoms with Gasteiger partial charge in [0.05, 0.1) is 13.4 Å². The van der Waals surface area contributed by atoms with E-state index in [0.717, 1.165) is 37.7 Å². The number of nitrogens with zero attached hydrogens (tertiary/aromatic N) is 1. The summed E-state index contributed by atoms with van der Waals surface area (Å²) in [4.78, 5) is 14.0. The predicted octanol–water partition coefficient (Wildman–Crippen LogP) is 1.25. The lowest BCUT2D eigenvalue weighted by Crippen LogP contribution is -2.40. The van der Waals surface area contributed by atoms with E-state index in [1.54, 1.807) is 6.26 Å². The molecule has 2 fully saturated rings. The number of carbonyl (C=O) groups excluding carboxylic acids is 1. The van der Waals surface area contributed by atoms with Gasteiger partial charge >= 0.3 is 5.97 Å². The minimum atomic E-state index is -0.394. The Labute approximate surface area is 112 Å². The van der Waals surface area contributed by atoms with Crippen molar-refractivity contribution in [3.8, 4) is 0 Å². The zero-order valence-corrected chi connectivity index (χ0v) is 11.2. The molecule has 0 spiro atoms. The molecule has 0 bridgehead atoms. The van der Waals surface area contributed by atoms with Gasteiger partial charge in [0.1, 0.15) is 0 Å². The van der Waals surface area contributed by atoms with Crippen molar-refractivity contribution in [3.63, 3.8) is 0 Å². The molecular weight excluding hydrogens is 244 g/mol. The van der Waals surface area contributed by atoms with Crippen LogP contribution in [0, 0.1) is 5.92 Å². The average Bonchev–Trinajstić information content (AvgIpc) is 3.04. The van der Waals surface area contributed by atoms with E-state index in [2.05, 4.69) is 10.2 Å². The summed E-state index contributed by atoms with van der Waals surface area (Å²) in [7, 11) is 1.38. The van der Waals surface area contributed by atoms with Gasteiger partial charge in [0.2, 0.25) is 5.76 Å². The molecule has 2 atom stereocenters. The quantitative estimate of drug-likeness (QED) is 0.833. The van der Waals surface area contributed by atoms with Crippen LogP contribution in [0.25, 0.3) is 0 Å². The third kappa shape index (κ3) is 2.53. The number of furan rings is 1. The maximum absolute atomic E-state index is 11.6. The van der Waals surface area contributed by atoms with Gasteiger partial charge in [0.25, 0.3) is 0 Å². The van der Waals surface area contributed by atoms with Crippen molar-refractivity contribution >= 4 is 5.97 Å². The Hall–Kier alpha value is -1.33. The normalized spacial score (nSPS) is 27.2. The molecule has 2 saturated heterocycles. The number of fused-ring (bicyclic) bond motifs is 1. The van der Waals surface area contributed by atoms with Crippen LogP contribution in [0.5, 0.6) is 0 Å². The molecule has 3 rings (SSSR count). The fourth-order valence-corrected chi connectivity index (χ4v) is 3.24. The van der Waals surface area contributed by atoms with Crippen molar-refractivity contribution in [1.29, 1.82) is 0 Å². The molecule has 19 heavy (non-hydrogen) atoms. The highest BCUT2D eigenvalue weighted by atomic mass is 16.5. The molecule has 2 unspecified atom stereocenters. The summed E-state index contributed by atoms with van der Waals surface area (Å²) in [5.41, 5.74) is 0.922. The Bertz CT molecular complexity index is 443. The lowest BCUT2D eigenvalue weighted by Gasteiger charge is -2.24. The van der Waals surface area contributed by atoms with Gasteiger partial charge in [0, 0.05) is 31.2 Å². The van der Waals surface area contributed by atoms with Crippen LogP contribution in [0.15, 0.2) is 16.7 Å². The lowest BCUT2D eigenvalue weighted by molar-refractivity contribution is 0.0562. The molecule has 3 heterocycles. The average molecular weight is 264 g/mol. The molecule has 5 nitrogen and oxygen atoms in total. The maximum Gasteiger partial charge on any atom is 0.374 e. The summed E-state index contributed by atoms with van der Waals surface area (Å²) in [6.45, 7) is 4.05.